The van der Waals surface area contributed by atoms with Crippen LogP contribution in [0.3, 0.4) is 0 Å². The summed E-state index contributed by atoms with van der Waals surface area (Å²) < 4.78 is 0. The van der Waals surface area contributed by atoms with Crippen molar-refractivity contribution in [3.05, 3.63) is 35.9 Å². The quantitative estimate of drug-likeness (QED) is 0.704. The first-order chi connectivity index (χ1) is 6.90. The minimum Gasteiger partial charge on any atom is -0.301 e. The predicted molar refractivity (Wildman–Crippen MR) is 59.2 cm³/mol. The summed E-state index contributed by atoms with van der Waals surface area (Å²) in [4.78, 5) is 13.0. The molecule has 1 saturated heterocycles. The van der Waals surface area contributed by atoms with Gasteiger partial charge in [0, 0.05) is 18.8 Å². The second-order valence-electron chi connectivity index (χ2n) is 3.35. The fourth-order valence-corrected chi connectivity index (χ4v) is 2.69. The van der Waals surface area contributed by atoms with Crippen LogP contribution in [-0.4, -0.2) is 28.9 Å². The van der Waals surface area contributed by atoms with E-state index in [4.69, 9.17) is 0 Å². The molecular weight excluding hydrogens is 194 g/mol. The Morgan fingerprint density at radius 2 is 2.21 bits per heavy atom. The largest absolute Gasteiger partial charge is 0.301 e. The van der Waals surface area contributed by atoms with Gasteiger partial charge in [0.15, 0.2) is 0 Å². The Kier molecular flexibility index (Phi) is 3.22. The van der Waals surface area contributed by atoms with Gasteiger partial charge < -0.3 is 4.79 Å². The van der Waals surface area contributed by atoms with E-state index in [9.17, 15) is 4.79 Å². The average Bonchev–Trinajstić information content (AvgIpc) is 2.67. The third-order valence-electron chi connectivity index (χ3n) is 2.37. The number of thioether (sulfide) groups is 1. The molecule has 1 heterocycles. The molecule has 1 aliphatic rings. The standard InChI is InChI=1S/C11H13NOS/c13-9-11-12(6-7-14-11)8-10-4-2-1-3-5-10/h1-5,9,11H,6-8H2. The van der Waals surface area contributed by atoms with E-state index in [1.807, 2.05) is 18.2 Å². The van der Waals surface area contributed by atoms with Gasteiger partial charge in [0.2, 0.25) is 0 Å². The van der Waals surface area contributed by atoms with E-state index >= 15 is 0 Å². The van der Waals surface area contributed by atoms with Crippen LogP contribution in [0.15, 0.2) is 30.3 Å². The van der Waals surface area contributed by atoms with Crippen LogP contribution in [0.25, 0.3) is 0 Å². The molecule has 1 aliphatic heterocycles. The van der Waals surface area contributed by atoms with Crippen molar-refractivity contribution in [3.63, 3.8) is 0 Å². The van der Waals surface area contributed by atoms with Crippen LogP contribution < -0.4 is 0 Å². The van der Waals surface area contributed by atoms with Crippen molar-refractivity contribution in [3.8, 4) is 0 Å². The fourth-order valence-electron chi connectivity index (χ4n) is 1.64. The van der Waals surface area contributed by atoms with E-state index in [2.05, 4.69) is 17.0 Å². The van der Waals surface area contributed by atoms with E-state index in [-0.39, 0.29) is 5.37 Å². The Morgan fingerprint density at radius 3 is 2.93 bits per heavy atom. The van der Waals surface area contributed by atoms with Crippen molar-refractivity contribution in [2.45, 2.75) is 11.9 Å². The van der Waals surface area contributed by atoms with Crippen molar-refractivity contribution in [2.75, 3.05) is 12.3 Å². The number of hydrogen-bond donors (Lipinski definition) is 0. The molecule has 2 nitrogen and oxygen atoms in total. The molecule has 2 rings (SSSR count). The Hall–Kier alpha value is -0.800. The number of aldehydes is 1. The number of rotatable bonds is 3. The van der Waals surface area contributed by atoms with E-state index in [0.717, 1.165) is 25.1 Å². The van der Waals surface area contributed by atoms with E-state index in [0.29, 0.717) is 0 Å². The highest BCUT2D eigenvalue weighted by atomic mass is 32.2. The molecule has 0 spiro atoms. The second-order valence-corrected chi connectivity index (χ2v) is 4.58. The minimum absolute atomic E-state index is 0.0650. The molecule has 0 amide bonds. The molecule has 0 saturated carbocycles. The van der Waals surface area contributed by atoms with Crippen LogP contribution in [0, 0.1) is 0 Å². The average molecular weight is 207 g/mol. The molecule has 0 bridgehead atoms. The first kappa shape index (κ1) is 9.74. The predicted octanol–water partition coefficient (Wildman–Crippen LogP) is 1.76. The van der Waals surface area contributed by atoms with Gasteiger partial charge in [-0.05, 0) is 5.56 Å². The molecule has 14 heavy (non-hydrogen) atoms. The molecule has 0 aliphatic carbocycles. The van der Waals surface area contributed by atoms with Gasteiger partial charge >= 0.3 is 0 Å². The van der Waals surface area contributed by atoms with E-state index in [1.165, 1.54) is 5.56 Å². The minimum atomic E-state index is 0.0650. The lowest BCUT2D eigenvalue weighted by Crippen LogP contribution is -2.28. The van der Waals surface area contributed by atoms with Crippen LogP contribution in [0.5, 0.6) is 0 Å². The highest BCUT2D eigenvalue weighted by Gasteiger charge is 2.23. The Balaban J connectivity index is 2.00. The first-order valence-electron chi connectivity index (χ1n) is 4.75. The van der Waals surface area contributed by atoms with Gasteiger partial charge in [-0.1, -0.05) is 30.3 Å². The SMILES string of the molecule is O=CC1SCCN1Cc1ccccc1. The lowest BCUT2D eigenvalue weighted by atomic mass is 10.2. The molecule has 0 radical (unpaired) electrons. The molecule has 0 aromatic heterocycles. The zero-order chi connectivity index (χ0) is 9.80. The Labute approximate surface area is 88.3 Å². The van der Waals surface area contributed by atoms with Crippen LogP contribution >= 0.6 is 11.8 Å². The second kappa shape index (κ2) is 4.62. The van der Waals surface area contributed by atoms with Crippen LogP contribution in [-0.2, 0) is 11.3 Å². The maximum Gasteiger partial charge on any atom is 0.147 e. The van der Waals surface area contributed by atoms with Crippen molar-refractivity contribution in [1.82, 2.24) is 4.90 Å². The van der Waals surface area contributed by atoms with Crippen LogP contribution in [0.4, 0.5) is 0 Å². The van der Waals surface area contributed by atoms with Crippen LogP contribution in [0.1, 0.15) is 5.56 Å². The highest BCUT2D eigenvalue weighted by molar-refractivity contribution is 8.00. The summed E-state index contributed by atoms with van der Waals surface area (Å²) in [6, 6.07) is 10.3. The maximum absolute atomic E-state index is 10.7. The topological polar surface area (TPSA) is 20.3 Å². The number of carbonyl (C=O) groups is 1. The summed E-state index contributed by atoms with van der Waals surface area (Å²) in [6.45, 7) is 1.90. The van der Waals surface area contributed by atoms with Gasteiger partial charge in [0.1, 0.15) is 11.7 Å². The van der Waals surface area contributed by atoms with Crippen LogP contribution in [0.2, 0.25) is 0 Å². The van der Waals surface area contributed by atoms with Gasteiger partial charge in [0.25, 0.3) is 0 Å². The van der Waals surface area contributed by atoms with Crippen molar-refractivity contribution in [2.24, 2.45) is 0 Å². The molecule has 1 fully saturated rings. The lowest BCUT2D eigenvalue weighted by molar-refractivity contribution is -0.109. The Morgan fingerprint density at radius 1 is 1.43 bits per heavy atom. The molecule has 1 aromatic rings. The number of hydrogen-bond acceptors (Lipinski definition) is 3. The van der Waals surface area contributed by atoms with Gasteiger partial charge in [-0.2, -0.15) is 0 Å². The monoisotopic (exact) mass is 207 g/mol. The Bertz CT molecular complexity index is 301. The lowest BCUT2D eigenvalue weighted by Gasteiger charge is -2.18. The molecular formula is C11H13NOS. The summed E-state index contributed by atoms with van der Waals surface area (Å²) >= 11 is 1.73. The number of benzene rings is 1. The van der Waals surface area contributed by atoms with Crippen molar-refractivity contribution in [1.29, 1.82) is 0 Å². The van der Waals surface area contributed by atoms with Crippen molar-refractivity contribution >= 4 is 18.0 Å². The molecule has 1 unspecified atom stereocenters. The summed E-state index contributed by atoms with van der Waals surface area (Å²) in [5.41, 5.74) is 1.28. The third-order valence-corrected chi connectivity index (χ3v) is 3.54. The summed E-state index contributed by atoms with van der Waals surface area (Å²) in [6.07, 6.45) is 1.04. The van der Waals surface area contributed by atoms with Gasteiger partial charge in [-0.15, -0.1) is 11.8 Å². The molecule has 74 valence electrons. The zero-order valence-electron chi connectivity index (χ0n) is 7.93. The number of nitrogens with zero attached hydrogens (tertiary/aromatic N) is 1. The van der Waals surface area contributed by atoms with Crippen molar-refractivity contribution < 1.29 is 4.79 Å². The van der Waals surface area contributed by atoms with Gasteiger partial charge in [-0.25, -0.2) is 0 Å². The summed E-state index contributed by atoms with van der Waals surface area (Å²) in [5, 5.41) is 0.0650. The molecule has 1 atom stereocenters. The highest BCUT2D eigenvalue weighted by Crippen LogP contribution is 2.23. The molecule has 3 heteroatoms. The van der Waals surface area contributed by atoms with Gasteiger partial charge in [-0.3, -0.25) is 4.90 Å². The normalized spacial score (nSPS) is 22.4. The maximum atomic E-state index is 10.7. The third kappa shape index (κ3) is 2.16. The first-order valence-corrected chi connectivity index (χ1v) is 5.80. The van der Waals surface area contributed by atoms with Gasteiger partial charge in [0.05, 0.1) is 0 Å². The number of carbonyl (C=O) groups excluding carboxylic acids is 1. The van der Waals surface area contributed by atoms with E-state index < -0.39 is 0 Å². The fraction of sp³-hybridized carbons (Fsp3) is 0.364. The smallest absolute Gasteiger partial charge is 0.147 e. The molecule has 1 aromatic carbocycles. The summed E-state index contributed by atoms with van der Waals surface area (Å²) in [5.74, 6) is 1.07. The zero-order valence-corrected chi connectivity index (χ0v) is 8.74. The van der Waals surface area contributed by atoms with E-state index in [1.54, 1.807) is 11.8 Å². The molecule has 0 N–H and O–H groups in total. The summed E-state index contributed by atoms with van der Waals surface area (Å²) in [7, 11) is 0.